The molecule has 2 heterocycles. The Bertz CT molecular complexity index is 1230. The van der Waals surface area contributed by atoms with Crippen LogP contribution >= 0.6 is 11.6 Å². The number of aliphatic hydroxyl groups excluding tert-OH is 1. The van der Waals surface area contributed by atoms with E-state index in [1.54, 1.807) is 6.07 Å². The summed E-state index contributed by atoms with van der Waals surface area (Å²) < 4.78 is 2.02. The van der Waals surface area contributed by atoms with Crippen molar-refractivity contribution in [1.82, 2.24) is 19.7 Å². The number of hydrogen-bond acceptors (Lipinski definition) is 6. The molecular formula is C23H31ClN6O3. The maximum absolute atomic E-state index is 11.5. The number of anilines is 2. The molecule has 0 fully saturated rings. The van der Waals surface area contributed by atoms with Gasteiger partial charge in [-0.3, -0.25) is 5.10 Å². The first-order valence-electron chi connectivity index (χ1n) is 11.0. The van der Waals surface area contributed by atoms with E-state index >= 15 is 0 Å². The maximum atomic E-state index is 11.5. The largest absolute Gasteiger partial charge is 0.478 e. The Morgan fingerprint density at radius 2 is 1.94 bits per heavy atom. The molecular weight excluding hydrogens is 444 g/mol. The molecule has 4 N–H and O–H groups in total. The predicted molar refractivity (Wildman–Crippen MR) is 129 cm³/mol. The lowest BCUT2D eigenvalue weighted by atomic mass is 10.1. The average molecular weight is 475 g/mol. The second-order valence-electron chi connectivity index (χ2n) is 8.96. The van der Waals surface area contributed by atoms with Crippen LogP contribution in [0.4, 0.5) is 11.5 Å². The minimum Gasteiger partial charge on any atom is -0.478 e. The average Bonchev–Trinajstić information content (AvgIpc) is 3.18. The zero-order valence-corrected chi connectivity index (χ0v) is 20.5. The number of carbonyl (C=O) groups is 1. The van der Waals surface area contributed by atoms with Crippen molar-refractivity contribution in [2.45, 2.75) is 59.5 Å². The second-order valence-corrected chi connectivity index (χ2v) is 9.37. The summed E-state index contributed by atoms with van der Waals surface area (Å²) in [4.78, 5) is 21.1. The van der Waals surface area contributed by atoms with Gasteiger partial charge in [-0.15, -0.1) is 0 Å². The number of aromatic amines is 1. The molecule has 1 aromatic carbocycles. The summed E-state index contributed by atoms with van der Waals surface area (Å²) in [6.45, 7) is 12.1. The van der Waals surface area contributed by atoms with E-state index in [1.165, 1.54) is 12.1 Å². The Morgan fingerprint density at radius 3 is 2.48 bits per heavy atom. The lowest BCUT2D eigenvalue weighted by molar-refractivity contribution is 0.0697. The number of carboxylic acid groups (broad SMARTS) is 1. The summed E-state index contributed by atoms with van der Waals surface area (Å²) >= 11 is 6.03. The van der Waals surface area contributed by atoms with E-state index in [1.807, 2.05) is 32.3 Å². The molecule has 0 radical (unpaired) electrons. The van der Waals surface area contributed by atoms with Crippen molar-refractivity contribution in [2.75, 3.05) is 11.9 Å². The number of H-pyrrole nitrogens is 1. The van der Waals surface area contributed by atoms with Gasteiger partial charge in [-0.25, -0.2) is 9.79 Å². The van der Waals surface area contributed by atoms with Crippen LogP contribution in [0.3, 0.4) is 0 Å². The molecule has 9 nitrogen and oxygen atoms in total. The SMILES string of the molecule is CC(C)c1[nH]nc2c(Nc3ccc(Cl)c(C(=O)O)c3)nc(=NC(CO)C(C)C)n(C(C)C)c12. The maximum Gasteiger partial charge on any atom is 0.337 e. The zero-order chi connectivity index (χ0) is 24.4. The molecule has 0 bridgehead atoms. The molecule has 3 aromatic rings. The quantitative estimate of drug-likeness (QED) is 0.381. The molecule has 0 aliphatic carbocycles. The van der Waals surface area contributed by atoms with E-state index in [2.05, 4.69) is 29.4 Å². The third-order valence-corrected chi connectivity index (χ3v) is 5.78. The molecule has 0 aliphatic heterocycles. The van der Waals surface area contributed by atoms with Crippen molar-refractivity contribution in [2.24, 2.45) is 10.9 Å². The van der Waals surface area contributed by atoms with Crippen LogP contribution in [0.5, 0.6) is 0 Å². The minimum absolute atomic E-state index is 0.0129. The van der Waals surface area contributed by atoms with Gasteiger partial charge in [0.2, 0.25) is 5.62 Å². The fraction of sp³-hybridized carbons (Fsp3) is 0.478. The van der Waals surface area contributed by atoms with E-state index in [9.17, 15) is 15.0 Å². The van der Waals surface area contributed by atoms with Gasteiger partial charge < -0.3 is 20.1 Å². The van der Waals surface area contributed by atoms with Crippen LogP contribution in [0.1, 0.15) is 69.6 Å². The van der Waals surface area contributed by atoms with E-state index in [0.717, 1.165) is 11.2 Å². The third kappa shape index (κ3) is 5.04. The molecule has 33 heavy (non-hydrogen) atoms. The molecule has 0 aliphatic rings. The summed E-state index contributed by atoms with van der Waals surface area (Å²) in [6, 6.07) is 4.38. The first-order chi connectivity index (χ1) is 15.5. The number of nitrogens with zero attached hydrogens (tertiary/aromatic N) is 4. The fourth-order valence-electron chi connectivity index (χ4n) is 3.59. The number of halogens is 1. The van der Waals surface area contributed by atoms with Gasteiger partial charge in [-0.2, -0.15) is 10.1 Å². The predicted octanol–water partition coefficient (Wildman–Crippen LogP) is 4.48. The molecule has 1 atom stereocenters. The Hall–Kier alpha value is -2.91. The molecule has 2 aromatic heterocycles. The van der Waals surface area contributed by atoms with Crippen molar-refractivity contribution in [3.05, 3.63) is 40.1 Å². The summed E-state index contributed by atoms with van der Waals surface area (Å²) in [6.07, 6.45) is 0. The Balaban J connectivity index is 2.32. The van der Waals surface area contributed by atoms with E-state index < -0.39 is 5.97 Å². The van der Waals surface area contributed by atoms with Crippen LogP contribution in [-0.4, -0.2) is 48.6 Å². The molecule has 0 amide bonds. The number of rotatable bonds is 8. The summed E-state index contributed by atoms with van der Waals surface area (Å²) in [5.74, 6) is -0.403. The minimum atomic E-state index is -1.12. The van der Waals surface area contributed by atoms with Gasteiger partial charge >= 0.3 is 5.97 Å². The molecule has 0 saturated carbocycles. The van der Waals surface area contributed by atoms with E-state index in [0.29, 0.717) is 22.6 Å². The first-order valence-corrected chi connectivity index (χ1v) is 11.4. The van der Waals surface area contributed by atoms with Crippen LogP contribution < -0.4 is 10.9 Å². The Morgan fingerprint density at radius 1 is 1.24 bits per heavy atom. The van der Waals surface area contributed by atoms with Crippen molar-refractivity contribution < 1.29 is 15.0 Å². The lowest BCUT2D eigenvalue weighted by Crippen LogP contribution is -2.32. The number of aromatic nitrogens is 4. The highest BCUT2D eigenvalue weighted by atomic mass is 35.5. The van der Waals surface area contributed by atoms with Gasteiger partial charge in [-0.05, 0) is 43.9 Å². The molecule has 0 saturated heterocycles. The van der Waals surface area contributed by atoms with Crippen LogP contribution in [0.25, 0.3) is 11.0 Å². The number of benzene rings is 1. The van der Waals surface area contributed by atoms with Crippen molar-refractivity contribution >= 4 is 40.1 Å². The second kappa shape index (κ2) is 9.93. The summed E-state index contributed by atoms with van der Waals surface area (Å²) in [5.41, 5.74) is 3.38. The van der Waals surface area contributed by atoms with Crippen molar-refractivity contribution in [3.8, 4) is 0 Å². The van der Waals surface area contributed by atoms with Crippen LogP contribution in [0.2, 0.25) is 5.02 Å². The van der Waals surface area contributed by atoms with Gasteiger partial charge in [0.15, 0.2) is 11.3 Å². The normalized spacial score (nSPS) is 13.5. The molecule has 10 heteroatoms. The number of nitrogens with one attached hydrogen (secondary N) is 2. The molecule has 1 unspecified atom stereocenters. The summed E-state index contributed by atoms with van der Waals surface area (Å²) in [7, 11) is 0. The van der Waals surface area contributed by atoms with Crippen molar-refractivity contribution in [3.63, 3.8) is 0 Å². The van der Waals surface area contributed by atoms with E-state index in [4.69, 9.17) is 21.6 Å². The molecule has 178 valence electrons. The van der Waals surface area contributed by atoms with Gasteiger partial charge in [0.25, 0.3) is 0 Å². The van der Waals surface area contributed by atoms with Gasteiger partial charge in [0.05, 0.1) is 34.4 Å². The Labute approximate surface area is 197 Å². The zero-order valence-electron chi connectivity index (χ0n) is 19.7. The third-order valence-electron chi connectivity index (χ3n) is 5.45. The fourth-order valence-corrected chi connectivity index (χ4v) is 3.79. The number of hydrogen-bond donors (Lipinski definition) is 4. The molecule has 3 rings (SSSR count). The standard InChI is InChI=1S/C23H31ClN6O3/c1-11(2)17(10-31)26-23-27-21(25-14-7-8-16(24)15(9-14)22(32)33)19-20(30(23)13(5)6)18(12(3)4)28-29-19/h7-9,11-13,17,31H,10H2,1-6H3,(H,28,29)(H,32,33)(H,25,26,27). The highest BCUT2D eigenvalue weighted by Crippen LogP contribution is 2.30. The van der Waals surface area contributed by atoms with Gasteiger partial charge in [0.1, 0.15) is 0 Å². The topological polar surface area (TPSA) is 128 Å². The van der Waals surface area contributed by atoms with Crippen molar-refractivity contribution in [1.29, 1.82) is 0 Å². The number of aliphatic hydroxyl groups is 1. The highest BCUT2D eigenvalue weighted by Gasteiger charge is 2.22. The van der Waals surface area contributed by atoms with Gasteiger partial charge in [-0.1, -0.05) is 39.3 Å². The number of aromatic carboxylic acids is 1. The number of fused-ring (bicyclic) bond motifs is 1. The van der Waals surface area contributed by atoms with Crippen LogP contribution in [0.15, 0.2) is 23.2 Å². The highest BCUT2D eigenvalue weighted by molar-refractivity contribution is 6.33. The van der Waals surface area contributed by atoms with Crippen LogP contribution in [0, 0.1) is 5.92 Å². The smallest absolute Gasteiger partial charge is 0.337 e. The number of carboxylic acids is 1. The lowest BCUT2D eigenvalue weighted by Gasteiger charge is -2.19. The van der Waals surface area contributed by atoms with Crippen LogP contribution in [-0.2, 0) is 0 Å². The van der Waals surface area contributed by atoms with E-state index in [-0.39, 0.29) is 41.1 Å². The first kappa shape index (κ1) is 24.7. The van der Waals surface area contributed by atoms with Gasteiger partial charge in [0, 0.05) is 11.7 Å². The Kier molecular flexibility index (Phi) is 7.44. The summed E-state index contributed by atoms with van der Waals surface area (Å²) in [5, 5.41) is 30.3. The monoisotopic (exact) mass is 474 g/mol. The molecule has 0 spiro atoms.